The van der Waals surface area contributed by atoms with Crippen molar-refractivity contribution in [1.29, 1.82) is 0 Å². The van der Waals surface area contributed by atoms with Gasteiger partial charge in [-0.1, -0.05) is 12.1 Å². The molecule has 0 aliphatic carbocycles. The highest BCUT2D eigenvalue weighted by molar-refractivity contribution is 7.09. The van der Waals surface area contributed by atoms with Crippen LogP contribution in [0.4, 0.5) is 5.69 Å². The highest BCUT2D eigenvalue weighted by Crippen LogP contribution is 2.25. The molecule has 0 radical (unpaired) electrons. The maximum atomic E-state index is 5.85. The third kappa shape index (κ3) is 3.43. The van der Waals surface area contributed by atoms with Crippen LogP contribution in [-0.2, 0) is 6.42 Å². The third-order valence-corrected chi connectivity index (χ3v) is 5.00. The van der Waals surface area contributed by atoms with Gasteiger partial charge >= 0.3 is 0 Å². The number of benzene rings is 1. The average molecular weight is 302 g/mol. The highest BCUT2D eigenvalue weighted by atomic mass is 32.1. The Hall–Kier alpha value is -1.43. The number of anilines is 1. The number of hydrogen-bond acceptors (Lipinski definition) is 5. The number of aromatic nitrogens is 1. The van der Waals surface area contributed by atoms with Crippen LogP contribution in [0.2, 0.25) is 0 Å². The zero-order valence-electron chi connectivity index (χ0n) is 12.6. The molecule has 2 N–H and O–H groups in total. The molecule has 1 fully saturated rings. The molecule has 112 valence electrons. The number of nitrogens with zero attached hydrogens (tertiary/aromatic N) is 3. The Morgan fingerprint density at radius 2 is 2.19 bits per heavy atom. The number of nitrogens with two attached hydrogens (primary N) is 1. The molecule has 3 rings (SSSR count). The molecule has 5 heteroatoms. The van der Waals surface area contributed by atoms with E-state index in [1.807, 2.05) is 18.2 Å². The van der Waals surface area contributed by atoms with Crippen LogP contribution < -0.4 is 5.73 Å². The van der Waals surface area contributed by atoms with Crippen LogP contribution in [-0.4, -0.2) is 54.6 Å². The molecule has 1 aromatic heterocycles. The molecule has 0 amide bonds. The SMILES string of the molecule is CN1CCN(C)C(Cc2nc(-c3cccc(N)c3)cs2)C1. The predicted octanol–water partition coefficient (Wildman–Crippen LogP) is 2.18. The van der Waals surface area contributed by atoms with Gasteiger partial charge in [0.2, 0.25) is 0 Å². The minimum atomic E-state index is 0.559. The number of likely N-dealkylation sites (N-methyl/N-ethyl adjacent to an activating group) is 2. The third-order valence-electron chi connectivity index (χ3n) is 4.12. The van der Waals surface area contributed by atoms with E-state index < -0.39 is 0 Å². The quantitative estimate of drug-likeness (QED) is 0.883. The Bertz CT molecular complexity index is 610. The number of rotatable bonds is 3. The van der Waals surface area contributed by atoms with Gasteiger partial charge < -0.3 is 15.5 Å². The fraction of sp³-hybridized carbons (Fsp3) is 0.438. The average Bonchev–Trinajstić information content (AvgIpc) is 2.91. The highest BCUT2D eigenvalue weighted by Gasteiger charge is 2.23. The summed E-state index contributed by atoms with van der Waals surface area (Å²) in [4.78, 5) is 9.64. The van der Waals surface area contributed by atoms with Crippen molar-refractivity contribution < 1.29 is 0 Å². The maximum absolute atomic E-state index is 5.85. The van der Waals surface area contributed by atoms with Crippen molar-refractivity contribution in [3.05, 3.63) is 34.7 Å². The molecule has 1 aliphatic heterocycles. The minimum absolute atomic E-state index is 0.559. The van der Waals surface area contributed by atoms with Crippen LogP contribution in [0.15, 0.2) is 29.6 Å². The molecule has 2 heterocycles. The Labute approximate surface area is 130 Å². The number of hydrogen-bond donors (Lipinski definition) is 1. The standard InChI is InChI=1S/C16H22N4S/c1-19-6-7-20(2)14(10-19)9-16-18-15(11-21-16)12-4-3-5-13(17)8-12/h3-5,8,11,14H,6-7,9-10,17H2,1-2H3. The summed E-state index contributed by atoms with van der Waals surface area (Å²) in [5.41, 5.74) is 8.78. The zero-order chi connectivity index (χ0) is 14.8. The molecule has 1 saturated heterocycles. The molecule has 1 unspecified atom stereocenters. The Morgan fingerprint density at radius 3 is 3.00 bits per heavy atom. The predicted molar refractivity (Wildman–Crippen MR) is 89.6 cm³/mol. The van der Waals surface area contributed by atoms with Crippen LogP contribution in [0.5, 0.6) is 0 Å². The van der Waals surface area contributed by atoms with Crippen LogP contribution in [0.1, 0.15) is 5.01 Å². The first-order valence-corrected chi connectivity index (χ1v) is 8.19. The Morgan fingerprint density at radius 1 is 1.33 bits per heavy atom. The van der Waals surface area contributed by atoms with Crippen molar-refractivity contribution in [1.82, 2.24) is 14.8 Å². The molecular weight excluding hydrogens is 280 g/mol. The van der Waals surface area contributed by atoms with Gasteiger partial charge in [-0.25, -0.2) is 4.98 Å². The number of thiazole rings is 1. The largest absolute Gasteiger partial charge is 0.399 e. The van der Waals surface area contributed by atoms with Crippen LogP contribution in [0.3, 0.4) is 0 Å². The Kier molecular flexibility index (Phi) is 4.24. The zero-order valence-corrected chi connectivity index (χ0v) is 13.4. The summed E-state index contributed by atoms with van der Waals surface area (Å²) in [6, 6.07) is 8.50. The van der Waals surface area contributed by atoms with Gasteiger partial charge in [-0.3, -0.25) is 0 Å². The molecule has 0 spiro atoms. The van der Waals surface area contributed by atoms with Crippen LogP contribution >= 0.6 is 11.3 Å². The van der Waals surface area contributed by atoms with E-state index in [0.29, 0.717) is 6.04 Å². The van der Waals surface area contributed by atoms with Crippen molar-refractivity contribution in [2.45, 2.75) is 12.5 Å². The molecule has 2 aromatic rings. The van der Waals surface area contributed by atoms with E-state index in [0.717, 1.165) is 43.0 Å². The lowest BCUT2D eigenvalue weighted by Crippen LogP contribution is -2.50. The van der Waals surface area contributed by atoms with E-state index in [-0.39, 0.29) is 0 Å². The van der Waals surface area contributed by atoms with Crippen molar-refractivity contribution in [2.75, 3.05) is 39.5 Å². The minimum Gasteiger partial charge on any atom is -0.399 e. The normalized spacial score (nSPS) is 20.8. The van der Waals surface area contributed by atoms with E-state index in [2.05, 4.69) is 35.3 Å². The molecule has 4 nitrogen and oxygen atoms in total. The van der Waals surface area contributed by atoms with Gasteiger partial charge in [-0.05, 0) is 26.2 Å². The first-order chi connectivity index (χ1) is 10.1. The van der Waals surface area contributed by atoms with E-state index >= 15 is 0 Å². The second-order valence-electron chi connectivity index (χ2n) is 5.85. The summed E-state index contributed by atoms with van der Waals surface area (Å²) in [6.07, 6.45) is 1.02. The summed E-state index contributed by atoms with van der Waals surface area (Å²) in [5.74, 6) is 0. The van der Waals surface area contributed by atoms with E-state index in [1.165, 1.54) is 5.01 Å². The van der Waals surface area contributed by atoms with Gasteiger partial charge in [0.25, 0.3) is 0 Å². The topological polar surface area (TPSA) is 45.4 Å². The molecule has 0 saturated carbocycles. The Balaban J connectivity index is 1.73. The lowest BCUT2D eigenvalue weighted by molar-refractivity contribution is 0.114. The van der Waals surface area contributed by atoms with E-state index in [9.17, 15) is 0 Å². The molecule has 21 heavy (non-hydrogen) atoms. The van der Waals surface area contributed by atoms with Gasteiger partial charge in [0, 0.05) is 48.7 Å². The summed E-state index contributed by atoms with van der Waals surface area (Å²) < 4.78 is 0. The van der Waals surface area contributed by atoms with Gasteiger partial charge in [0.1, 0.15) is 0 Å². The molecule has 1 atom stereocenters. The lowest BCUT2D eigenvalue weighted by atomic mass is 10.1. The first-order valence-electron chi connectivity index (χ1n) is 7.31. The summed E-state index contributed by atoms with van der Waals surface area (Å²) in [5, 5.41) is 3.34. The van der Waals surface area contributed by atoms with E-state index in [4.69, 9.17) is 10.7 Å². The summed E-state index contributed by atoms with van der Waals surface area (Å²) in [7, 11) is 4.41. The van der Waals surface area contributed by atoms with Crippen LogP contribution in [0, 0.1) is 0 Å². The van der Waals surface area contributed by atoms with Crippen LogP contribution in [0.25, 0.3) is 11.3 Å². The smallest absolute Gasteiger partial charge is 0.0948 e. The van der Waals surface area contributed by atoms with Crippen molar-refractivity contribution in [2.24, 2.45) is 0 Å². The molecule has 1 aliphatic rings. The monoisotopic (exact) mass is 302 g/mol. The fourth-order valence-electron chi connectivity index (χ4n) is 2.76. The summed E-state index contributed by atoms with van der Waals surface area (Å²) in [6.45, 7) is 3.40. The number of piperazine rings is 1. The van der Waals surface area contributed by atoms with Crippen molar-refractivity contribution in [3.63, 3.8) is 0 Å². The molecular formula is C16H22N4S. The van der Waals surface area contributed by atoms with E-state index in [1.54, 1.807) is 11.3 Å². The number of nitrogen functional groups attached to an aromatic ring is 1. The maximum Gasteiger partial charge on any atom is 0.0948 e. The molecule has 0 bridgehead atoms. The lowest BCUT2D eigenvalue weighted by Gasteiger charge is -2.37. The van der Waals surface area contributed by atoms with Crippen molar-refractivity contribution >= 4 is 17.0 Å². The van der Waals surface area contributed by atoms with Crippen molar-refractivity contribution in [3.8, 4) is 11.3 Å². The summed E-state index contributed by atoms with van der Waals surface area (Å²) >= 11 is 1.75. The van der Waals surface area contributed by atoms with Gasteiger partial charge in [0.15, 0.2) is 0 Å². The molecule has 1 aromatic carbocycles. The second-order valence-corrected chi connectivity index (χ2v) is 6.80. The van der Waals surface area contributed by atoms with Gasteiger partial charge in [-0.2, -0.15) is 0 Å². The first kappa shape index (κ1) is 14.5. The van der Waals surface area contributed by atoms with Gasteiger partial charge in [-0.15, -0.1) is 11.3 Å². The second kappa shape index (κ2) is 6.13. The van der Waals surface area contributed by atoms with Gasteiger partial charge in [0.05, 0.1) is 10.7 Å². The fourth-order valence-corrected chi connectivity index (χ4v) is 3.63.